The van der Waals surface area contributed by atoms with Crippen molar-refractivity contribution < 1.29 is 4.74 Å². The molecule has 0 fully saturated rings. The van der Waals surface area contributed by atoms with Gasteiger partial charge in [0.25, 0.3) is 0 Å². The van der Waals surface area contributed by atoms with Crippen molar-refractivity contribution in [3.05, 3.63) is 40.1 Å². The van der Waals surface area contributed by atoms with Crippen LogP contribution in [-0.2, 0) is 6.61 Å². The molecule has 21 heavy (non-hydrogen) atoms. The fourth-order valence-electron chi connectivity index (χ4n) is 2.18. The maximum atomic E-state index is 6.09. The number of halogens is 2. The number of ether oxygens (including phenoxy) is 1. The van der Waals surface area contributed by atoms with Crippen LogP contribution in [0.3, 0.4) is 0 Å². The van der Waals surface area contributed by atoms with Gasteiger partial charge in [-0.25, -0.2) is 0 Å². The molecule has 0 atom stereocenters. The highest BCUT2D eigenvalue weighted by Gasteiger charge is 2.11. The Hall–Kier alpha value is -1.39. The molecule has 0 aliphatic heterocycles. The fraction of sp³-hybridized carbons (Fsp3) is 0.400. The molecule has 0 amide bonds. The highest BCUT2D eigenvalue weighted by atomic mass is 35.5. The normalized spacial score (nSPS) is 11.1. The average molecular weight is 328 g/mol. The standard InChI is InChI=1S/C15H19Cl2N3O/c1-3-12(4-2)20-6-5-11(19-20)9-21-15-13(16)7-10(18)8-14(15)17/h5-8,12H,3-4,9,18H2,1-2H3. The largest absolute Gasteiger partial charge is 0.484 e. The summed E-state index contributed by atoms with van der Waals surface area (Å²) in [4.78, 5) is 0. The summed E-state index contributed by atoms with van der Waals surface area (Å²) in [5.41, 5.74) is 7.01. The molecule has 0 radical (unpaired) electrons. The molecular weight excluding hydrogens is 309 g/mol. The van der Waals surface area contributed by atoms with Crippen molar-refractivity contribution in [2.75, 3.05) is 5.73 Å². The Bertz CT molecular complexity index is 586. The quantitative estimate of drug-likeness (QED) is 0.781. The van der Waals surface area contributed by atoms with Gasteiger partial charge < -0.3 is 10.5 Å². The minimum absolute atomic E-state index is 0.316. The van der Waals surface area contributed by atoms with E-state index in [-0.39, 0.29) is 0 Å². The molecule has 1 aromatic heterocycles. The summed E-state index contributed by atoms with van der Waals surface area (Å²) >= 11 is 12.2. The number of rotatable bonds is 6. The van der Waals surface area contributed by atoms with Crippen molar-refractivity contribution in [3.63, 3.8) is 0 Å². The summed E-state index contributed by atoms with van der Waals surface area (Å²) < 4.78 is 7.65. The fourth-order valence-corrected chi connectivity index (χ4v) is 2.80. The Morgan fingerprint density at radius 3 is 2.43 bits per heavy atom. The molecule has 0 aliphatic carbocycles. The summed E-state index contributed by atoms with van der Waals surface area (Å²) in [5, 5.41) is 5.33. The number of nitrogens with zero attached hydrogens (tertiary/aromatic N) is 2. The molecule has 2 aromatic rings. The monoisotopic (exact) mass is 327 g/mol. The van der Waals surface area contributed by atoms with Crippen molar-refractivity contribution in [1.29, 1.82) is 0 Å². The third-order valence-corrected chi connectivity index (χ3v) is 3.93. The number of hydrogen-bond donors (Lipinski definition) is 1. The Labute approximate surface area is 134 Å². The van der Waals surface area contributed by atoms with Gasteiger partial charge in [-0.05, 0) is 31.0 Å². The molecule has 114 valence electrons. The number of aromatic nitrogens is 2. The maximum Gasteiger partial charge on any atom is 0.157 e. The van der Waals surface area contributed by atoms with Crippen LogP contribution in [0.25, 0.3) is 0 Å². The average Bonchev–Trinajstić information content (AvgIpc) is 2.87. The highest BCUT2D eigenvalue weighted by molar-refractivity contribution is 6.37. The van der Waals surface area contributed by atoms with Crippen LogP contribution in [-0.4, -0.2) is 9.78 Å². The SMILES string of the molecule is CCC(CC)n1ccc(COc2c(Cl)cc(N)cc2Cl)n1. The molecule has 1 heterocycles. The van der Waals surface area contributed by atoms with Crippen molar-refractivity contribution in [1.82, 2.24) is 9.78 Å². The third kappa shape index (κ3) is 3.83. The van der Waals surface area contributed by atoms with E-state index in [0.717, 1.165) is 18.5 Å². The zero-order chi connectivity index (χ0) is 15.4. The lowest BCUT2D eigenvalue weighted by atomic mass is 10.2. The number of nitrogen functional groups attached to an aromatic ring is 1. The van der Waals surface area contributed by atoms with E-state index in [1.165, 1.54) is 0 Å². The maximum absolute atomic E-state index is 6.09. The lowest BCUT2D eigenvalue weighted by Gasteiger charge is -2.12. The molecule has 1 aromatic carbocycles. The second-order valence-corrected chi connectivity index (χ2v) is 5.67. The third-order valence-electron chi connectivity index (χ3n) is 3.37. The molecule has 2 N–H and O–H groups in total. The van der Waals surface area contributed by atoms with Crippen LogP contribution in [0.5, 0.6) is 5.75 Å². The van der Waals surface area contributed by atoms with Crippen molar-refractivity contribution >= 4 is 28.9 Å². The van der Waals surface area contributed by atoms with E-state index in [0.29, 0.717) is 34.1 Å². The highest BCUT2D eigenvalue weighted by Crippen LogP contribution is 2.35. The first-order valence-corrected chi connectivity index (χ1v) is 7.72. The number of benzene rings is 1. The zero-order valence-electron chi connectivity index (χ0n) is 12.1. The molecule has 0 spiro atoms. The smallest absolute Gasteiger partial charge is 0.157 e. The van der Waals surface area contributed by atoms with E-state index < -0.39 is 0 Å². The van der Waals surface area contributed by atoms with E-state index in [1.807, 2.05) is 16.9 Å². The minimum Gasteiger partial charge on any atom is -0.484 e. The first-order valence-electron chi connectivity index (χ1n) is 6.96. The second kappa shape index (κ2) is 7.05. The van der Waals surface area contributed by atoms with Crippen LogP contribution in [0.2, 0.25) is 10.0 Å². The van der Waals surface area contributed by atoms with Gasteiger partial charge in [0.2, 0.25) is 0 Å². The number of hydrogen-bond acceptors (Lipinski definition) is 3. The van der Waals surface area contributed by atoms with E-state index in [1.54, 1.807) is 12.1 Å². The molecule has 2 rings (SSSR count). The van der Waals surface area contributed by atoms with Gasteiger partial charge in [0.05, 0.1) is 21.8 Å². The van der Waals surface area contributed by atoms with Crippen molar-refractivity contribution in [2.45, 2.75) is 39.3 Å². The van der Waals surface area contributed by atoms with E-state index >= 15 is 0 Å². The molecular formula is C15H19Cl2N3O. The predicted octanol–water partition coefficient (Wildman–Crippen LogP) is 4.71. The lowest BCUT2D eigenvalue weighted by Crippen LogP contribution is -2.08. The Kier molecular flexibility index (Phi) is 5.37. The number of anilines is 1. The van der Waals surface area contributed by atoms with Gasteiger partial charge in [0.15, 0.2) is 5.75 Å². The first kappa shape index (κ1) is 16.0. The summed E-state index contributed by atoms with van der Waals surface area (Å²) in [7, 11) is 0. The van der Waals surface area contributed by atoms with E-state index in [9.17, 15) is 0 Å². The van der Waals surface area contributed by atoms with Gasteiger partial charge in [0, 0.05) is 11.9 Å². The molecule has 0 aliphatic rings. The molecule has 0 bridgehead atoms. The topological polar surface area (TPSA) is 53.1 Å². The molecule has 0 saturated carbocycles. The van der Waals surface area contributed by atoms with Crippen LogP contribution >= 0.6 is 23.2 Å². The Morgan fingerprint density at radius 1 is 1.24 bits per heavy atom. The molecule has 0 unspecified atom stereocenters. The Morgan fingerprint density at radius 2 is 1.86 bits per heavy atom. The zero-order valence-corrected chi connectivity index (χ0v) is 13.7. The van der Waals surface area contributed by atoms with Crippen molar-refractivity contribution in [3.8, 4) is 5.75 Å². The van der Waals surface area contributed by atoms with Gasteiger partial charge in [-0.2, -0.15) is 5.10 Å². The van der Waals surface area contributed by atoms with Gasteiger partial charge in [-0.15, -0.1) is 0 Å². The van der Waals surface area contributed by atoms with Crippen LogP contribution in [0.4, 0.5) is 5.69 Å². The molecule has 0 saturated heterocycles. The predicted molar refractivity (Wildman–Crippen MR) is 87.1 cm³/mol. The molecule has 4 nitrogen and oxygen atoms in total. The lowest BCUT2D eigenvalue weighted by molar-refractivity contribution is 0.297. The van der Waals surface area contributed by atoms with E-state index in [2.05, 4.69) is 18.9 Å². The van der Waals surface area contributed by atoms with Crippen molar-refractivity contribution in [2.24, 2.45) is 0 Å². The summed E-state index contributed by atoms with van der Waals surface area (Å²) in [6, 6.07) is 5.59. The number of nitrogens with two attached hydrogens (primary N) is 1. The van der Waals surface area contributed by atoms with Crippen LogP contribution in [0.1, 0.15) is 38.4 Å². The van der Waals surface area contributed by atoms with Gasteiger partial charge in [-0.3, -0.25) is 4.68 Å². The minimum atomic E-state index is 0.316. The van der Waals surface area contributed by atoms with Gasteiger partial charge in [0.1, 0.15) is 6.61 Å². The van der Waals surface area contributed by atoms with Crippen LogP contribution in [0.15, 0.2) is 24.4 Å². The van der Waals surface area contributed by atoms with Gasteiger partial charge >= 0.3 is 0 Å². The second-order valence-electron chi connectivity index (χ2n) is 4.86. The summed E-state index contributed by atoms with van der Waals surface area (Å²) in [5.74, 6) is 0.435. The van der Waals surface area contributed by atoms with Crippen LogP contribution in [0, 0.1) is 0 Å². The van der Waals surface area contributed by atoms with E-state index in [4.69, 9.17) is 33.7 Å². The molecule has 6 heteroatoms. The Balaban J connectivity index is 2.07. The first-order chi connectivity index (χ1) is 10.0. The summed E-state index contributed by atoms with van der Waals surface area (Å²) in [6.45, 7) is 4.62. The van der Waals surface area contributed by atoms with Crippen LogP contribution < -0.4 is 10.5 Å². The van der Waals surface area contributed by atoms with Gasteiger partial charge in [-0.1, -0.05) is 37.0 Å². The summed E-state index contributed by atoms with van der Waals surface area (Å²) in [6.07, 6.45) is 4.07.